The number of nitrogen functional groups attached to an aromatic ring is 1. The molecule has 0 saturated heterocycles. The third-order valence-corrected chi connectivity index (χ3v) is 4.39. The maximum absolute atomic E-state index is 11.7. The third kappa shape index (κ3) is 5.52. The topological polar surface area (TPSA) is 98.7 Å². The highest BCUT2D eigenvalue weighted by Gasteiger charge is 2.14. The lowest BCUT2D eigenvalue weighted by Gasteiger charge is -2.13. The first-order chi connectivity index (χ1) is 13.1. The number of nitrogens with two attached hydrogens (primary N) is 1. The minimum atomic E-state index is -0.0409. The van der Waals surface area contributed by atoms with E-state index in [0.29, 0.717) is 11.1 Å². The van der Waals surface area contributed by atoms with Crippen molar-refractivity contribution in [1.29, 1.82) is 0 Å². The Morgan fingerprint density at radius 1 is 1.04 bits per heavy atom. The largest absolute Gasteiger partial charge is 0.368 e. The van der Waals surface area contributed by atoms with Crippen molar-refractivity contribution in [2.24, 2.45) is 0 Å². The van der Waals surface area contributed by atoms with Crippen LogP contribution in [0.25, 0.3) is 5.69 Å². The second-order valence-electron chi connectivity index (χ2n) is 6.20. The van der Waals surface area contributed by atoms with Gasteiger partial charge in [-0.3, -0.25) is 9.36 Å². The van der Waals surface area contributed by atoms with Gasteiger partial charge in [0.1, 0.15) is 5.82 Å². The minimum Gasteiger partial charge on any atom is -0.368 e. The van der Waals surface area contributed by atoms with Crippen LogP contribution in [0.2, 0.25) is 5.02 Å². The molecule has 140 valence electrons. The van der Waals surface area contributed by atoms with Crippen molar-refractivity contribution >= 4 is 23.4 Å². The Morgan fingerprint density at radius 2 is 1.78 bits per heavy atom. The molecule has 0 bridgehead atoms. The van der Waals surface area contributed by atoms with Crippen LogP contribution in [0.15, 0.2) is 59.9 Å². The molecule has 4 rings (SSSR count). The van der Waals surface area contributed by atoms with Gasteiger partial charge in [-0.05, 0) is 31.0 Å². The lowest BCUT2D eigenvalue weighted by molar-refractivity contribution is 0.750. The highest BCUT2D eigenvalue weighted by atomic mass is 35.5. The van der Waals surface area contributed by atoms with Crippen molar-refractivity contribution in [3.63, 3.8) is 0 Å². The predicted molar refractivity (Wildman–Crippen MR) is 107 cm³/mol. The van der Waals surface area contributed by atoms with Gasteiger partial charge in [0.2, 0.25) is 5.95 Å². The van der Waals surface area contributed by atoms with Crippen LogP contribution in [-0.4, -0.2) is 25.6 Å². The first kappa shape index (κ1) is 18.8. The third-order valence-electron chi connectivity index (χ3n) is 4.20. The molecule has 27 heavy (non-hydrogen) atoms. The van der Waals surface area contributed by atoms with Crippen molar-refractivity contribution in [2.45, 2.75) is 31.7 Å². The molecule has 1 fully saturated rings. The molecule has 3 aromatic heterocycles. The average Bonchev–Trinajstić information content (AvgIpc) is 3.19. The first-order valence-corrected chi connectivity index (χ1v) is 9.13. The Morgan fingerprint density at radius 3 is 2.37 bits per heavy atom. The summed E-state index contributed by atoms with van der Waals surface area (Å²) in [7, 11) is 0. The molecular weight excluding hydrogens is 364 g/mol. The number of nitrogens with zero attached hydrogens (tertiary/aromatic N) is 4. The number of aromatic nitrogens is 4. The van der Waals surface area contributed by atoms with Gasteiger partial charge in [-0.1, -0.05) is 30.5 Å². The summed E-state index contributed by atoms with van der Waals surface area (Å²) in [5.74, 6) is 1.13. The Labute approximate surface area is 162 Å². The SMILES string of the molecule is Nc1ncc(Cl)cn1.O=c1ccccn1-c1ccc(NC2CCCC2)nc1. The second-order valence-corrected chi connectivity index (χ2v) is 6.63. The number of halogens is 1. The zero-order valence-corrected chi connectivity index (χ0v) is 15.5. The molecule has 0 amide bonds. The zero-order chi connectivity index (χ0) is 19.1. The fourth-order valence-electron chi connectivity index (χ4n) is 2.86. The second kappa shape index (κ2) is 9.14. The molecule has 7 nitrogen and oxygen atoms in total. The average molecular weight is 385 g/mol. The molecule has 0 aromatic carbocycles. The van der Waals surface area contributed by atoms with Gasteiger partial charge >= 0.3 is 0 Å². The lowest BCUT2D eigenvalue weighted by atomic mass is 10.2. The number of hydrogen-bond acceptors (Lipinski definition) is 6. The van der Waals surface area contributed by atoms with E-state index >= 15 is 0 Å². The number of nitrogens with one attached hydrogen (secondary N) is 1. The van der Waals surface area contributed by atoms with E-state index in [1.165, 1.54) is 38.1 Å². The van der Waals surface area contributed by atoms with Crippen LogP contribution in [-0.2, 0) is 0 Å². The standard InChI is InChI=1S/C15H17N3O.C4H4ClN3/c19-15-7-3-4-10-18(15)13-8-9-14(16-11-13)17-12-5-1-2-6-12;5-3-1-7-4(6)8-2-3/h3-4,7-12H,1-2,5-6H2,(H,16,17);1-2H,(H2,6,7,8). The van der Waals surface area contributed by atoms with Crippen LogP contribution in [0.5, 0.6) is 0 Å². The normalized spacial score (nSPS) is 13.7. The van der Waals surface area contributed by atoms with Gasteiger partial charge in [0.05, 0.1) is 29.3 Å². The Hall–Kier alpha value is -2.93. The summed E-state index contributed by atoms with van der Waals surface area (Å²) in [5, 5.41) is 3.93. The molecule has 1 saturated carbocycles. The quantitative estimate of drug-likeness (QED) is 0.718. The predicted octanol–water partition coefficient (Wildman–Crippen LogP) is 3.30. The van der Waals surface area contributed by atoms with E-state index in [-0.39, 0.29) is 11.5 Å². The van der Waals surface area contributed by atoms with Crippen molar-refractivity contribution in [3.8, 4) is 5.69 Å². The summed E-state index contributed by atoms with van der Waals surface area (Å²) in [6.07, 6.45) is 11.4. The molecular formula is C19H21ClN6O. The fraction of sp³-hybridized carbons (Fsp3) is 0.263. The van der Waals surface area contributed by atoms with Crippen molar-refractivity contribution < 1.29 is 0 Å². The zero-order valence-electron chi connectivity index (χ0n) is 14.8. The summed E-state index contributed by atoms with van der Waals surface area (Å²) >= 11 is 5.43. The van der Waals surface area contributed by atoms with Crippen molar-refractivity contribution in [3.05, 3.63) is 70.5 Å². The fourth-order valence-corrected chi connectivity index (χ4v) is 2.95. The van der Waals surface area contributed by atoms with Crippen LogP contribution >= 0.6 is 11.6 Å². The maximum atomic E-state index is 11.7. The summed E-state index contributed by atoms with van der Waals surface area (Å²) in [5.41, 5.74) is 5.90. The Bertz CT molecular complexity index is 883. The van der Waals surface area contributed by atoms with E-state index in [4.69, 9.17) is 17.3 Å². The van der Waals surface area contributed by atoms with Gasteiger partial charge in [-0.15, -0.1) is 0 Å². The van der Waals surface area contributed by atoms with Gasteiger partial charge in [0, 0.05) is 18.3 Å². The lowest BCUT2D eigenvalue weighted by Crippen LogP contribution is -2.17. The number of hydrogen-bond donors (Lipinski definition) is 2. The minimum absolute atomic E-state index is 0.0409. The number of anilines is 2. The summed E-state index contributed by atoms with van der Waals surface area (Å²) in [6, 6.07) is 9.54. The van der Waals surface area contributed by atoms with Crippen molar-refractivity contribution in [2.75, 3.05) is 11.1 Å². The van der Waals surface area contributed by atoms with Crippen molar-refractivity contribution in [1.82, 2.24) is 19.5 Å². The Balaban J connectivity index is 0.000000221. The molecule has 0 unspecified atom stereocenters. The maximum Gasteiger partial charge on any atom is 0.255 e. The van der Waals surface area contributed by atoms with E-state index in [1.807, 2.05) is 18.2 Å². The molecule has 0 spiro atoms. The molecule has 0 atom stereocenters. The van der Waals surface area contributed by atoms with E-state index in [0.717, 1.165) is 11.5 Å². The Kier molecular flexibility index (Phi) is 6.38. The molecule has 0 radical (unpaired) electrons. The number of rotatable bonds is 3. The van der Waals surface area contributed by atoms with E-state index in [2.05, 4.69) is 20.3 Å². The van der Waals surface area contributed by atoms with Crippen LogP contribution in [0, 0.1) is 0 Å². The molecule has 1 aliphatic carbocycles. The first-order valence-electron chi connectivity index (χ1n) is 8.75. The molecule has 0 aliphatic heterocycles. The summed E-state index contributed by atoms with van der Waals surface area (Å²) in [4.78, 5) is 23.3. The highest BCUT2D eigenvalue weighted by molar-refractivity contribution is 6.30. The molecule has 3 N–H and O–H groups in total. The van der Waals surface area contributed by atoms with Gasteiger partial charge in [0.15, 0.2) is 0 Å². The number of pyridine rings is 2. The molecule has 3 heterocycles. The van der Waals surface area contributed by atoms with Gasteiger partial charge < -0.3 is 11.1 Å². The smallest absolute Gasteiger partial charge is 0.255 e. The van der Waals surface area contributed by atoms with E-state index in [1.54, 1.807) is 29.1 Å². The summed E-state index contributed by atoms with van der Waals surface area (Å²) in [6.45, 7) is 0. The van der Waals surface area contributed by atoms with Gasteiger partial charge in [0.25, 0.3) is 5.56 Å². The van der Waals surface area contributed by atoms with Gasteiger partial charge in [-0.25, -0.2) is 15.0 Å². The van der Waals surface area contributed by atoms with Gasteiger partial charge in [-0.2, -0.15) is 0 Å². The summed E-state index contributed by atoms with van der Waals surface area (Å²) < 4.78 is 1.59. The van der Waals surface area contributed by atoms with Crippen LogP contribution in [0.4, 0.5) is 11.8 Å². The van der Waals surface area contributed by atoms with E-state index < -0.39 is 0 Å². The van der Waals surface area contributed by atoms with Crippen LogP contribution in [0.1, 0.15) is 25.7 Å². The monoisotopic (exact) mass is 384 g/mol. The molecule has 8 heteroatoms. The van der Waals surface area contributed by atoms with Crippen LogP contribution in [0.3, 0.4) is 0 Å². The molecule has 1 aliphatic rings. The highest BCUT2D eigenvalue weighted by Crippen LogP contribution is 2.21. The van der Waals surface area contributed by atoms with Crippen LogP contribution < -0.4 is 16.6 Å². The molecule has 3 aromatic rings. The van der Waals surface area contributed by atoms with E-state index in [9.17, 15) is 4.79 Å².